The highest BCUT2D eigenvalue weighted by Gasteiger charge is 2.19. The molecular formula is C16H18FN3O. The Hall–Kier alpha value is -2.40. The molecule has 21 heavy (non-hydrogen) atoms. The highest BCUT2D eigenvalue weighted by atomic mass is 19.1. The van der Waals surface area contributed by atoms with Crippen LogP contribution in [-0.4, -0.2) is 12.5 Å². The molecule has 0 aliphatic carbocycles. The van der Waals surface area contributed by atoms with E-state index in [9.17, 15) is 9.18 Å². The maximum Gasteiger partial charge on any atom is 0.260 e. The molecule has 0 spiro atoms. The van der Waals surface area contributed by atoms with Crippen molar-refractivity contribution in [3.8, 4) is 0 Å². The zero-order valence-electron chi connectivity index (χ0n) is 12.1. The van der Waals surface area contributed by atoms with Crippen LogP contribution in [0.15, 0.2) is 42.5 Å². The summed E-state index contributed by atoms with van der Waals surface area (Å²) in [4.78, 5) is 14.3. The molecule has 2 aromatic rings. The molecule has 0 fully saturated rings. The molecule has 3 N–H and O–H groups in total. The van der Waals surface area contributed by atoms with Crippen LogP contribution in [0.4, 0.5) is 15.8 Å². The van der Waals surface area contributed by atoms with Crippen LogP contribution < -0.4 is 16.2 Å². The number of carbonyl (C=O) groups excluding carboxylic acids is 1. The lowest BCUT2D eigenvalue weighted by molar-refractivity contribution is 0.0989. The summed E-state index contributed by atoms with van der Waals surface area (Å²) in [5.74, 6) is 4.97. The van der Waals surface area contributed by atoms with Crippen molar-refractivity contribution in [1.82, 2.24) is 0 Å². The van der Waals surface area contributed by atoms with Crippen LogP contribution in [0.5, 0.6) is 0 Å². The Morgan fingerprint density at radius 2 is 1.90 bits per heavy atom. The van der Waals surface area contributed by atoms with Gasteiger partial charge in [0, 0.05) is 12.2 Å². The number of aryl methyl sites for hydroxylation is 1. The van der Waals surface area contributed by atoms with Crippen molar-refractivity contribution in [2.45, 2.75) is 13.8 Å². The summed E-state index contributed by atoms with van der Waals surface area (Å²) in [5.41, 5.74) is 5.25. The summed E-state index contributed by atoms with van der Waals surface area (Å²) in [6.07, 6.45) is 0. The average Bonchev–Trinajstić information content (AvgIpc) is 2.49. The Balaban J connectivity index is 2.39. The van der Waals surface area contributed by atoms with E-state index in [1.807, 2.05) is 26.0 Å². The SMILES string of the molecule is CCN(C(=O)c1ccc(C)cc1NN)c1ccc(F)cc1. The van der Waals surface area contributed by atoms with Gasteiger partial charge in [0.15, 0.2) is 0 Å². The summed E-state index contributed by atoms with van der Waals surface area (Å²) in [6, 6.07) is 11.2. The number of halogens is 1. The predicted octanol–water partition coefficient (Wildman–Crippen LogP) is 3.09. The second-order valence-electron chi connectivity index (χ2n) is 4.72. The highest BCUT2D eigenvalue weighted by molar-refractivity contribution is 6.09. The Morgan fingerprint density at radius 3 is 2.48 bits per heavy atom. The third-order valence-electron chi connectivity index (χ3n) is 3.26. The van der Waals surface area contributed by atoms with Gasteiger partial charge in [-0.25, -0.2) is 4.39 Å². The number of hydrogen-bond acceptors (Lipinski definition) is 3. The largest absolute Gasteiger partial charge is 0.323 e. The van der Waals surface area contributed by atoms with Crippen LogP contribution in [0, 0.1) is 12.7 Å². The fourth-order valence-corrected chi connectivity index (χ4v) is 2.17. The third-order valence-corrected chi connectivity index (χ3v) is 3.26. The lowest BCUT2D eigenvalue weighted by atomic mass is 10.1. The quantitative estimate of drug-likeness (QED) is 0.671. The van der Waals surface area contributed by atoms with Gasteiger partial charge in [0.2, 0.25) is 0 Å². The van der Waals surface area contributed by atoms with Crippen molar-refractivity contribution in [2.24, 2.45) is 5.84 Å². The standard InChI is InChI=1S/C16H18FN3O/c1-3-20(13-7-5-12(17)6-8-13)16(21)14-9-4-11(2)10-15(14)19-18/h4-10,19H,3,18H2,1-2H3. The van der Waals surface area contributed by atoms with Crippen LogP contribution >= 0.6 is 0 Å². The lowest BCUT2D eigenvalue weighted by Crippen LogP contribution is -2.31. The van der Waals surface area contributed by atoms with Crippen molar-refractivity contribution in [1.29, 1.82) is 0 Å². The van der Waals surface area contributed by atoms with Gasteiger partial charge in [-0.2, -0.15) is 0 Å². The maximum absolute atomic E-state index is 13.0. The Kier molecular flexibility index (Phi) is 4.55. The molecule has 0 atom stereocenters. The van der Waals surface area contributed by atoms with E-state index < -0.39 is 0 Å². The zero-order valence-corrected chi connectivity index (χ0v) is 12.1. The monoisotopic (exact) mass is 287 g/mol. The maximum atomic E-state index is 13.0. The van der Waals surface area contributed by atoms with Gasteiger partial charge in [0.25, 0.3) is 5.91 Å². The molecule has 5 heteroatoms. The molecule has 110 valence electrons. The Labute approximate surface area is 123 Å². The topological polar surface area (TPSA) is 58.4 Å². The molecule has 0 aromatic heterocycles. The molecular weight excluding hydrogens is 269 g/mol. The molecule has 0 aliphatic rings. The van der Waals surface area contributed by atoms with E-state index in [0.717, 1.165) is 5.56 Å². The number of nitrogens with one attached hydrogen (secondary N) is 1. The molecule has 0 bridgehead atoms. The van der Waals surface area contributed by atoms with Crippen LogP contribution in [0.25, 0.3) is 0 Å². The van der Waals surface area contributed by atoms with Gasteiger partial charge in [-0.05, 0) is 55.8 Å². The van der Waals surface area contributed by atoms with Crippen LogP contribution in [0.2, 0.25) is 0 Å². The first-order chi connectivity index (χ1) is 10.1. The van der Waals surface area contributed by atoms with Gasteiger partial charge in [0.1, 0.15) is 5.82 Å². The minimum Gasteiger partial charge on any atom is -0.323 e. The van der Waals surface area contributed by atoms with E-state index in [4.69, 9.17) is 5.84 Å². The van der Waals surface area contributed by atoms with Crippen molar-refractivity contribution in [3.05, 3.63) is 59.4 Å². The van der Waals surface area contributed by atoms with Crippen molar-refractivity contribution in [3.63, 3.8) is 0 Å². The first-order valence-electron chi connectivity index (χ1n) is 6.71. The van der Waals surface area contributed by atoms with E-state index >= 15 is 0 Å². The fraction of sp³-hybridized carbons (Fsp3) is 0.188. The number of nitrogen functional groups attached to an aromatic ring is 1. The summed E-state index contributed by atoms with van der Waals surface area (Å²) in [7, 11) is 0. The number of hydrazine groups is 1. The summed E-state index contributed by atoms with van der Waals surface area (Å²) < 4.78 is 13.0. The van der Waals surface area contributed by atoms with Gasteiger partial charge in [-0.3, -0.25) is 10.6 Å². The van der Waals surface area contributed by atoms with E-state index in [1.54, 1.807) is 23.1 Å². The molecule has 0 aliphatic heterocycles. The summed E-state index contributed by atoms with van der Waals surface area (Å²) in [6.45, 7) is 4.26. The molecule has 2 rings (SSSR count). The molecule has 1 amide bonds. The Bertz CT molecular complexity index is 640. The second kappa shape index (κ2) is 6.37. The normalized spacial score (nSPS) is 10.3. The van der Waals surface area contributed by atoms with E-state index in [-0.39, 0.29) is 11.7 Å². The number of rotatable bonds is 4. The van der Waals surface area contributed by atoms with E-state index in [0.29, 0.717) is 23.5 Å². The van der Waals surface area contributed by atoms with Crippen molar-refractivity contribution in [2.75, 3.05) is 16.9 Å². The highest BCUT2D eigenvalue weighted by Crippen LogP contribution is 2.22. The van der Waals surface area contributed by atoms with Crippen LogP contribution in [-0.2, 0) is 0 Å². The molecule has 0 saturated carbocycles. The van der Waals surface area contributed by atoms with Gasteiger partial charge in [-0.15, -0.1) is 0 Å². The van der Waals surface area contributed by atoms with Crippen LogP contribution in [0.1, 0.15) is 22.8 Å². The minimum absolute atomic E-state index is 0.183. The van der Waals surface area contributed by atoms with Gasteiger partial charge >= 0.3 is 0 Å². The minimum atomic E-state index is -0.332. The molecule has 0 radical (unpaired) electrons. The second-order valence-corrected chi connectivity index (χ2v) is 4.72. The number of amides is 1. The first kappa shape index (κ1) is 15.0. The van der Waals surface area contributed by atoms with Gasteiger partial charge in [0.05, 0.1) is 11.3 Å². The molecule has 0 saturated heterocycles. The predicted molar refractivity (Wildman–Crippen MR) is 82.7 cm³/mol. The molecule has 4 nitrogen and oxygen atoms in total. The van der Waals surface area contributed by atoms with E-state index in [1.165, 1.54) is 12.1 Å². The number of carbonyl (C=O) groups is 1. The zero-order chi connectivity index (χ0) is 15.4. The smallest absolute Gasteiger partial charge is 0.260 e. The lowest BCUT2D eigenvalue weighted by Gasteiger charge is -2.22. The molecule has 0 unspecified atom stereocenters. The number of nitrogens with two attached hydrogens (primary N) is 1. The summed E-state index contributed by atoms with van der Waals surface area (Å²) in [5, 5.41) is 0. The Morgan fingerprint density at radius 1 is 1.24 bits per heavy atom. The first-order valence-corrected chi connectivity index (χ1v) is 6.71. The third kappa shape index (κ3) is 3.20. The molecule has 2 aromatic carbocycles. The van der Waals surface area contributed by atoms with Crippen LogP contribution in [0.3, 0.4) is 0 Å². The average molecular weight is 287 g/mol. The fourth-order valence-electron chi connectivity index (χ4n) is 2.17. The van der Waals surface area contributed by atoms with Gasteiger partial charge < -0.3 is 10.3 Å². The van der Waals surface area contributed by atoms with Crippen molar-refractivity contribution < 1.29 is 9.18 Å². The molecule has 0 heterocycles. The van der Waals surface area contributed by atoms with Gasteiger partial charge in [-0.1, -0.05) is 6.07 Å². The number of benzene rings is 2. The number of hydrogen-bond donors (Lipinski definition) is 2. The number of anilines is 2. The van der Waals surface area contributed by atoms with Crippen molar-refractivity contribution >= 4 is 17.3 Å². The summed E-state index contributed by atoms with van der Waals surface area (Å²) >= 11 is 0. The van der Waals surface area contributed by atoms with E-state index in [2.05, 4.69) is 5.43 Å². The number of nitrogens with zero attached hydrogens (tertiary/aromatic N) is 1.